The number of nitrogens with zero attached hydrogens (tertiary/aromatic N) is 1. The van der Waals surface area contributed by atoms with Gasteiger partial charge >= 0.3 is 0 Å². The van der Waals surface area contributed by atoms with Gasteiger partial charge in [-0.1, -0.05) is 74.1 Å². The Labute approximate surface area is 144 Å². The fourth-order valence-electron chi connectivity index (χ4n) is 2.38. The van der Waals surface area contributed by atoms with E-state index in [0.717, 1.165) is 16.3 Å². The third-order valence-electron chi connectivity index (χ3n) is 3.77. The van der Waals surface area contributed by atoms with Gasteiger partial charge in [-0.25, -0.2) is 0 Å². The van der Waals surface area contributed by atoms with Crippen molar-refractivity contribution in [2.24, 2.45) is 5.10 Å². The Hall–Kier alpha value is -2.00. The molecule has 0 unspecified atom stereocenters. The summed E-state index contributed by atoms with van der Waals surface area (Å²) in [7, 11) is 0. The van der Waals surface area contributed by atoms with Crippen LogP contribution in [0.4, 0.5) is 0 Å². The largest absolute Gasteiger partial charge is 0.271 e. The summed E-state index contributed by atoms with van der Waals surface area (Å²) in [6.07, 6.45) is 0.708. The second-order valence-corrected chi connectivity index (χ2v) is 6.67. The molecule has 0 aliphatic heterocycles. The molecular weight excluding hydrogens is 300 g/mol. The fourth-order valence-corrected chi connectivity index (χ4v) is 2.59. The molecule has 3 heteroatoms. The molecule has 2 aromatic carbocycles. The minimum absolute atomic E-state index is 0.512. The van der Waals surface area contributed by atoms with Gasteiger partial charge in [-0.05, 0) is 42.5 Å². The highest BCUT2D eigenvalue weighted by Crippen LogP contribution is 2.16. The topological polar surface area (TPSA) is 24.4 Å². The van der Waals surface area contributed by atoms with E-state index in [-0.39, 0.29) is 0 Å². The molecular formula is C20H24N2S. The Morgan fingerprint density at radius 3 is 2.57 bits per heavy atom. The molecule has 0 fully saturated rings. The van der Waals surface area contributed by atoms with Crippen LogP contribution >= 0.6 is 12.2 Å². The van der Waals surface area contributed by atoms with Crippen molar-refractivity contribution in [1.82, 2.24) is 5.43 Å². The van der Waals surface area contributed by atoms with Crippen molar-refractivity contribution in [2.75, 3.05) is 0 Å². The van der Waals surface area contributed by atoms with Gasteiger partial charge in [-0.3, -0.25) is 5.43 Å². The molecule has 0 radical (unpaired) electrons. The highest BCUT2D eigenvalue weighted by molar-refractivity contribution is 7.80. The summed E-state index contributed by atoms with van der Waals surface area (Å²) in [6, 6.07) is 16.9. The second kappa shape index (κ2) is 8.02. The molecule has 1 N–H and O–H groups in total. The molecule has 0 heterocycles. The molecule has 2 rings (SSSR count). The van der Waals surface area contributed by atoms with Gasteiger partial charge < -0.3 is 0 Å². The van der Waals surface area contributed by atoms with E-state index in [2.05, 4.69) is 79.8 Å². The van der Waals surface area contributed by atoms with E-state index >= 15 is 0 Å². The van der Waals surface area contributed by atoms with Crippen LogP contribution in [0.15, 0.2) is 53.6 Å². The average molecular weight is 324 g/mol. The lowest BCUT2D eigenvalue weighted by Gasteiger charge is -2.09. The number of hydrazone groups is 1. The molecule has 0 aromatic heterocycles. The predicted molar refractivity (Wildman–Crippen MR) is 103 cm³/mol. The Morgan fingerprint density at radius 1 is 1.13 bits per heavy atom. The summed E-state index contributed by atoms with van der Waals surface area (Å²) >= 11 is 5.40. The molecule has 0 amide bonds. The second-order valence-electron chi connectivity index (χ2n) is 6.18. The molecule has 23 heavy (non-hydrogen) atoms. The Bertz CT molecular complexity index is 717. The smallest absolute Gasteiger partial charge is 0.100 e. The van der Waals surface area contributed by atoms with E-state index < -0.39 is 0 Å². The lowest BCUT2D eigenvalue weighted by atomic mass is 9.99. The van der Waals surface area contributed by atoms with Gasteiger partial charge in [0, 0.05) is 6.42 Å². The fraction of sp³-hybridized carbons (Fsp3) is 0.300. The first-order valence-corrected chi connectivity index (χ1v) is 8.35. The van der Waals surface area contributed by atoms with Crippen LogP contribution in [0.2, 0.25) is 0 Å². The zero-order chi connectivity index (χ0) is 16.8. The van der Waals surface area contributed by atoms with Crippen LogP contribution in [-0.2, 0) is 6.42 Å². The summed E-state index contributed by atoms with van der Waals surface area (Å²) in [4.78, 5) is 0.731. The predicted octanol–water partition coefficient (Wildman–Crippen LogP) is 5.00. The normalized spacial score (nSPS) is 11.6. The van der Waals surface area contributed by atoms with Crippen LogP contribution in [0.1, 0.15) is 48.9 Å². The van der Waals surface area contributed by atoms with E-state index in [1.54, 1.807) is 0 Å². The summed E-state index contributed by atoms with van der Waals surface area (Å²) in [5.41, 5.74) is 8.86. The van der Waals surface area contributed by atoms with Gasteiger partial charge in [0.05, 0.1) is 5.71 Å². The lowest BCUT2D eigenvalue weighted by molar-refractivity contribution is 0.866. The quantitative estimate of drug-likeness (QED) is 0.475. The maximum atomic E-state index is 5.40. The highest BCUT2D eigenvalue weighted by atomic mass is 32.1. The van der Waals surface area contributed by atoms with Crippen molar-refractivity contribution in [3.05, 3.63) is 70.8 Å². The van der Waals surface area contributed by atoms with Crippen molar-refractivity contribution in [2.45, 2.75) is 40.0 Å². The van der Waals surface area contributed by atoms with Gasteiger partial charge in [-0.2, -0.15) is 5.10 Å². The number of nitrogens with one attached hydrogen (secondary N) is 1. The maximum Gasteiger partial charge on any atom is 0.100 e. The monoisotopic (exact) mass is 324 g/mol. The zero-order valence-corrected chi connectivity index (χ0v) is 15.1. The average Bonchev–Trinajstić information content (AvgIpc) is 2.52. The summed E-state index contributed by atoms with van der Waals surface area (Å²) in [5.74, 6) is 0.512. The first kappa shape index (κ1) is 17.4. The zero-order valence-electron chi connectivity index (χ0n) is 14.3. The third kappa shape index (κ3) is 5.29. The van der Waals surface area contributed by atoms with Gasteiger partial charge in [0.15, 0.2) is 0 Å². The lowest BCUT2D eigenvalue weighted by Crippen LogP contribution is -2.19. The van der Waals surface area contributed by atoms with Crippen LogP contribution in [0, 0.1) is 6.92 Å². The molecule has 0 aliphatic carbocycles. The highest BCUT2D eigenvalue weighted by Gasteiger charge is 2.04. The minimum atomic E-state index is 0.512. The molecule has 0 saturated carbocycles. The molecule has 0 saturated heterocycles. The number of hydrogen-bond donors (Lipinski definition) is 1. The molecule has 0 atom stereocenters. The summed E-state index contributed by atoms with van der Waals surface area (Å²) in [5, 5.41) is 4.44. The van der Waals surface area contributed by atoms with E-state index in [4.69, 9.17) is 12.2 Å². The van der Waals surface area contributed by atoms with Crippen LogP contribution in [0.5, 0.6) is 0 Å². The van der Waals surface area contributed by atoms with Crippen molar-refractivity contribution in [1.29, 1.82) is 0 Å². The molecule has 120 valence electrons. The van der Waals surface area contributed by atoms with Crippen molar-refractivity contribution in [3.8, 4) is 0 Å². The van der Waals surface area contributed by atoms with Crippen LogP contribution in [0.3, 0.4) is 0 Å². The van der Waals surface area contributed by atoms with E-state index in [1.807, 2.05) is 6.92 Å². The molecule has 0 aliphatic rings. The maximum absolute atomic E-state index is 5.40. The van der Waals surface area contributed by atoms with Gasteiger partial charge in [0.1, 0.15) is 4.99 Å². The first-order chi connectivity index (χ1) is 11.0. The Kier molecular flexibility index (Phi) is 6.05. The summed E-state index contributed by atoms with van der Waals surface area (Å²) < 4.78 is 0. The van der Waals surface area contributed by atoms with E-state index in [9.17, 15) is 0 Å². The number of benzene rings is 2. The van der Waals surface area contributed by atoms with Crippen molar-refractivity contribution < 1.29 is 0 Å². The number of aryl methyl sites for hydroxylation is 1. The molecule has 0 bridgehead atoms. The molecule has 2 nitrogen and oxygen atoms in total. The minimum Gasteiger partial charge on any atom is -0.271 e. The van der Waals surface area contributed by atoms with Crippen molar-refractivity contribution in [3.63, 3.8) is 0 Å². The molecule has 2 aromatic rings. The van der Waals surface area contributed by atoms with Gasteiger partial charge in [0.25, 0.3) is 0 Å². The summed E-state index contributed by atoms with van der Waals surface area (Å²) in [6.45, 7) is 8.48. The van der Waals surface area contributed by atoms with Crippen molar-refractivity contribution >= 4 is 22.9 Å². The molecule has 0 spiro atoms. The Balaban J connectivity index is 2.01. The first-order valence-electron chi connectivity index (χ1n) is 7.94. The number of hydrogen-bond acceptors (Lipinski definition) is 2. The SMILES string of the molecule is C/C(=N\NC(=S)Cc1cccc(C)c1)c1cccc(C(C)C)c1. The Morgan fingerprint density at radius 2 is 1.87 bits per heavy atom. The standard InChI is InChI=1S/C20H24N2S/c1-14(2)18-9-6-10-19(13-18)16(4)21-22-20(23)12-17-8-5-7-15(3)11-17/h5-11,13-14H,12H2,1-4H3,(H,22,23)/b21-16+. The van der Waals surface area contributed by atoms with E-state index in [0.29, 0.717) is 12.3 Å². The number of rotatable bonds is 5. The van der Waals surface area contributed by atoms with Gasteiger partial charge in [-0.15, -0.1) is 0 Å². The van der Waals surface area contributed by atoms with Crippen LogP contribution in [-0.4, -0.2) is 10.7 Å². The van der Waals surface area contributed by atoms with Gasteiger partial charge in [0.2, 0.25) is 0 Å². The third-order valence-corrected chi connectivity index (χ3v) is 4.00. The number of thiocarbonyl (C=S) groups is 1. The van der Waals surface area contributed by atoms with Crippen LogP contribution in [0.25, 0.3) is 0 Å². The van der Waals surface area contributed by atoms with E-state index in [1.165, 1.54) is 16.7 Å². The van der Waals surface area contributed by atoms with Crippen LogP contribution < -0.4 is 5.43 Å².